The summed E-state index contributed by atoms with van der Waals surface area (Å²) in [5.41, 5.74) is 2.26. The fourth-order valence-electron chi connectivity index (χ4n) is 3.03. The SMILES string of the molecule is Cc1[nH]c2ccccc2c1C(=O)[C@@H](C)OC(=O)CCCOc1ccccc1. The number of hydrogen-bond donors (Lipinski definition) is 1. The second kappa shape index (κ2) is 8.54. The number of benzene rings is 2. The molecule has 3 rings (SSSR count). The standard InChI is InChI=1S/C22H23NO4/c1-15-21(18-11-6-7-12-19(18)23-15)22(25)16(2)27-20(24)13-8-14-26-17-9-4-3-5-10-17/h3-7,9-12,16,23H,8,13-14H2,1-2H3/t16-/m1/s1. The average Bonchev–Trinajstić information content (AvgIpc) is 3.01. The number of fused-ring (bicyclic) bond motifs is 1. The van der Waals surface area contributed by atoms with E-state index in [2.05, 4.69) is 4.98 Å². The van der Waals surface area contributed by atoms with Gasteiger partial charge in [0.1, 0.15) is 5.75 Å². The number of Topliss-reactive ketones (excluding diaryl/α,β-unsaturated/α-hetero) is 1. The number of carbonyl (C=O) groups excluding carboxylic acids is 2. The summed E-state index contributed by atoms with van der Waals surface area (Å²) in [5.74, 6) is 0.174. The van der Waals surface area contributed by atoms with E-state index in [1.54, 1.807) is 6.92 Å². The summed E-state index contributed by atoms with van der Waals surface area (Å²) in [4.78, 5) is 28.0. The highest BCUT2D eigenvalue weighted by Gasteiger charge is 2.24. The number of hydrogen-bond acceptors (Lipinski definition) is 4. The Morgan fingerprint density at radius 2 is 1.74 bits per heavy atom. The predicted octanol–water partition coefficient (Wildman–Crippen LogP) is 4.45. The molecule has 0 aliphatic rings. The van der Waals surface area contributed by atoms with Gasteiger partial charge in [0.25, 0.3) is 0 Å². The summed E-state index contributed by atoms with van der Waals surface area (Å²) in [6.07, 6.45) is -0.0941. The number of aromatic nitrogens is 1. The summed E-state index contributed by atoms with van der Waals surface area (Å²) in [7, 11) is 0. The molecular formula is C22H23NO4. The molecule has 0 bridgehead atoms. The van der Waals surface area contributed by atoms with Gasteiger partial charge in [-0.25, -0.2) is 0 Å². The quantitative estimate of drug-likeness (QED) is 0.364. The monoisotopic (exact) mass is 365 g/mol. The third-order valence-electron chi connectivity index (χ3n) is 4.35. The van der Waals surface area contributed by atoms with E-state index in [4.69, 9.17) is 9.47 Å². The Labute approximate surface area is 158 Å². The van der Waals surface area contributed by atoms with E-state index in [-0.39, 0.29) is 12.2 Å². The average molecular weight is 365 g/mol. The van der Waals surface area contributed by atoms with E-state index in [1.807, 2.05) is 61.5 Å². The number of aryl methyl sites for hydroxylation is 1. The molecule has 0 aliphatic carbocycles. The largest absolute Gasteiger partial charge is 0.494 e. The zero-order chi connectivity index (χ0) is 19.2. The predicted molar refractivity (Wildman–Crippen MR) is 104 cm³/mol. The Balaban J connectivity index is 1.51. The Bertz CT molecular complexity index is 930. The fourth-order valence-corrected chi connectivity index (χ4v) is 3.03. The minimum Gasteiger partial charge on any atom is -0.494 e. The summed E-state index contributed by atoms with van der Waals surface area (Å²) in [6.45, 7) is 3.88. The zero-order valence-corrected chi connectivity index (χ0v) is 15.5. The Kier molecular flexibility index (Phi) is 5.91. The van der Waals surface area contributed by atoms with Gasteiger partial charge in [-0.05, 0) is 38.5 Å². The molecule has 3 aromatic rings. The van der Waals surface area contributed by atoms with Crippen LogP contribution in [0.25, 0.3) is 10.9 Å². The van der Waals surface area contributed by atoms with Crippen LogP contribution in [0.1, 0.15) is 35.8 Å². The minimum absolute atomic E-state index is 0.196. The van der Waals surface area contributed by atoms with Crippen LogP contribution in [-0.2, 0) is 9.53 Å². The van der Waals surface area contributed by atoms with Crippen molar-refractivity contribution >= 4 is 22.7 Å². The molecule has 5 heteroatoms. The van der Waals surface area contributed by atoms with Crippen LogP contribution < -0.4 is 4.74 Å². The lowest BCUT2D eigenvalue weighted by atomic mass is 10.0. The van der Waals surface area contributed by atoms with Crippen molar-refractivity contribution in [3.8, 4) is 5.75 Å². The topological polar surface area (TPSA) is 68.4 Å². The van der Waals surface area contributed by atoms with Crippen LogP contribution in [0.4, 0.5) is 0 Å². The molecule has 1 heterocycles. The lowest BCUT2D eigenvalue weighted by Crippen LogP contribution is -2.25. The van der Waals surface area contributed by atoms with Crippen LogP contribution in [0.2, 0.25) is 0 Å². The molecule has 0 saturated carbocycles. The number of esters is 1. The number of carbonyl (C=O) groups is 2. The Morgan fingerprint density at radius 3 is 2.52 bits per heavy atom. The number of nitrogens with one attached hydrogen (secondary N) is 1. The molecule has 0 aliphatic heterocycles. The number of ketones is 1. The van der Waals surface area contributed by atoms with Crippen molar-refractivity contribution in [3.63, 3.8) is 0 Å². The molecule has 140 valence electrons. The van der Waals surface area contributed by atoms with E-state index >= 15 is 0 Å². The maximum Gasteiger partial charge on any atom is 0.306 e. The summed E-state index contributed by atoms with van der Waals surface area (Å²) in [6, 6.07) is 17.0. The van der Waals surface area contributed by atoms with Gasteiger partial charge in [0, 0.05) is 28.6 Å². The van der Waals surface area contributed by atoms with E-state index in [9.17, 15) is 9.59 Å². The molecule has 0 saturated heterocycles. The molecule has 1 atom stereocenters. The molecule has 0 radical (unpaired) electrons. The van der Waals surface area contributed by atoms with E-state index in [0.29, 0.717) is 18.6 Å². The van der Waals surface area contributed by atoms with Gasteiger partial charge in [-0.1, -0.05) is 36.4 Å². The molecule has 0 unspecified atom stereocenters. The number of rotatable bonds is 8. The van der Waals surface area contributed by atoms with Gasteiger partial charge in [0.05, 0.1) is 6.61 Å². The van der Waals surface area contributed by atoms with Crippen molar-refractivity contribution in [3.05, 3.63) is 65.9 Å². The smallest absolute Gasteiger partial charge is 0.306 e. The van der Waals surface area contributed by atoms with Gasteiger partial charge in [-0.3, -0.25) is 9.59 Å². The zero-order valence-electron chi connectivity index (χ0n) is 15.5. The number of H-pyrrole nitrogens is 1. The van der Waals surface area contributed by atoms with Crippen LogP contribution in [0.5, 0.6) is 5.75 Å². The van der Waals surface area contributed by atoms with Crippen LogP contribution in [0, 0.1) is 6.92 Å². The van der Waals surface area contributed by atoms with Crippen LogP contribution in [-0.4, -0.2) is 29.4 Å². The normalized spacial score (nSPS) is 11.9. The van der Waals surface area contributed by atoms with Crippen LogP contribution in [0.15, 0.2) is 54.6 Å². The first-order valence-electron chi connectivity index (χ1n) is 9.05. The molecule has 5 nitrogen and oxygen atoms in total. The Hall–Kier alpha value is -3.08. The van der Waals surface area contributed by atoms with Crippen LogP contribution >= 0.6 is 0 Å². The van der Waals surface area contributed by atoms with Crippen molar-refractivity contribution in [2.45, 2.75) is 32.8 Å². The summed E-state index contributed by atoms with van der Waals surface area (Å²) < 4.78 is 10.9. The van der Waals surface area contributed by atoms with Gasteiger partial charge in [0.2, 0.25) is 5.78 Å². The Morgan fingerprint density at radius 1 is 1.04 bits per heavy atom. The lowest BCUT2D eigenvalue weighted by Gasteiger charge is -2.13. The van der Waals surface area contributed by atoms with Crippen molar-refractivity contribution < 1.29 is 19.1 Å². The highest BCUT2D eigenvalue weighted by Crippen LogP contribution is 2.24. The van der Waals surface area contributed by atoms with Crippen molar-refractivity contribution in [2.75, 3.05) is 6.61 Å². The molecular weight excluding hydrogens is 342 g/mol. The first-order chi connectivity index (χ1) is 13.1. The van der Waals surface area contributed by atoms with Gasteiger partial charge in [-0.15, -0.1) is 0 Å². The molecule has 1 N–H and O–H groups in total. The highest BCUT2D eigenvalue weighted by molar-refractivity contribution is 6.11. The maximum atomic E-state index is 12.8. The molecule has 27 heavy (non-hydrogen) atoms. The molecule has 2 aromatic carbocycles. The third kappa shape index (κ3) is 4.56. The van der Waals surface area contributed by atoms with Crippen molar-refractivity contribution in [2.24, 2.45) is 0 Å². The highest BCUT2D eigenvalue weighted by atomic mass is 16.5. The molecule has 0 spiro atoms. The lowest BCUT2D eigenvalue weighted by molar-refractivity contribution is -0.146. The second-order valence-electron chi connectivity index (χ2n) is 6.43. The van der Waals surface area contributed by atoms with Crippen molar-refractivity contribution in [1.82, 2.24) is 4.98 Å². The summed E-state index contributed by atoms with van der Waals surface area (Å²) in [5, 5.41) is 0.846. The number of aromatic amines is 1. The maximum absolute atomic E-state index is 12.8. The second-order valence-corrected chi connectivity index (χ2v) is 6.43. The third-order valence-corrected chi connectivity index (χ3v) is 4.35. The van der Waals surface area contributed by atoms with Gasteiger partial charge >= 0.3 is 5.97 Å². The van der Waals surface area contributed by atoms with E-state index < -0.39 is 12.1 Å². The van der Waals surface area contributed by atoms with Gasteiger partial charge in [0.15, 0.2) is 6.10 Å². The van der Waals surface area contributed by atoms with Crippen LogP contribution in [0.3, 0.4) is 0 Å². The van der Waals surface area contributed by atoms with Gasteiger partial charge < -0.3 is 14.5 Å². The van der Waals surface area contributed by atoms with E-state index in [1.165, 1.54) is 0 Å². The fraction of sp³-hybridized carbons (Fsp3) is 0.273. The van der Waals surface area contributed by atoms with E-state index in [0.717, 1.165) is 22.3 Å². The minimum atomic E-state index is -0.828. The van der Waals surface area contributed by atoms with Gasteiger partial charge in [-0.2, -0.15) is 0 Å². The molecule has 0 amide bonds. The number of ether oxygens (including phenoxy) is 2. The summed E-state index contributed by atoms with van der Waals surface area (Å²) >= 11 is 0. The van der Waals surface area contributed by atoms with Crippen molar-refractivity contribution in [1.29, 1.82) is 0 Å². The molecule has 1 aromatic heterocycles. The number of para-hydroxylation sites is 2. The first kappa shape index (κ1) is 18.7. The first-order valence-corrected chi connectivity index (χ1v) is 9.05. The molecule has 0 fully saturated rings.